The Bertz CT molecular complexity index is 602. The normalized spacial score (nSPS) is 19.7. The van der Waals surface area contributed by atoms with E-state index in [2.05, 4.69) is 62.6 Å². The van der Waals surface area contributed by atoms with Crippen molar-refractivity contribution < 1.29 is 0 Å². The van der Waals surface area contributed by atoms with Crippen molar-refractivity contribution in [1.82, 2.24) is 20.5 Å². The van der Waals surface area contributed by atoms with Gasteiger partial charge >= 0.3 is 0 Å². The summed E-state index contributed by atoms with van der Waals surface area (Å²) >= 11 is 0. The smallest absolute Gasteiger partial charge is 0.191 e. The van der Waals surface area contributed by atoms with E-state index in [1.165, 1.54) is 25.7 Å². The minimum Gasteiger partial charge on any atom is -0.356 e. The monoisotopic (exact) mass is 372 g/mol. The quantitative estimate of drug-likeness (QED) is 0.593. The van der Waals surface area contributed by atoms with Crippen LogP contribution >= 0.6 is 0 Å². The van der Waals surface area contributed by atoms with Crippen LogP contribution in [0.3, 0.4) is 0 Å². The maximum Gasteiger partial charge on any atom is 0.191 e. The molecule has 2 fully saturated rings. The van der Waals surface area contributed by atoms with Crippen LogP contribution in [0.1, 0.15) is 44.2 Å². The molecular weight excluding hydrogens is 336 g/mol. The van der Waals surface area contributed by atoms with Crippen molar-refractivity contribution in [3.63, 3.8) is 0 Å². The number of guanidine groups is 1. The average molecular weight is 373 g/mol. The minimum atomic E-state index is 0.477. The number of pyridine rings is 1. The summed E-state index contributed by atoms with van der Waals surface area (Å²) in [6.07, 6.45) is 7.72. The van der Waals surface area contributed by atoms with Crippen molar-refractivity contribution in [3.8, 4) is 0 Å². The summed E-state index contributed by atoms with van der Waals surface area (Å²) in [6.45, 7) is 6.14. The van der Waals surface area contributed by atoms with Gasteiger partial charge in [-0.3, -0.25) is 4.99 Å². The van der Waals surface area contributed by atoms with Crippen molar-refractivity contribution in [3.05, 3.63) is 23.9 Å². The predicted molar refractivity (Wildman–Crippen MR) is 114 cm³/mol. The molecule has 3 rings (SSSR count). The molecule has 1 saturated carbocycles. The number of aliphatic imine (C=N–C) groups is 1. The third kappa shape index (κ3) is 5.83. The fourth-order valence-electron chi connectivity index (χ4n) is 4.22. The van der Waals surface area contributed by atoms with Gasteiger partial charge in [0.05, 0.1) is 0 Å². The lowest BCUT2D eigenvalue weighted by Crippen LogP contribution is -2.50. The summed E-state index contributed by atoms with van der Waals surface area (Å²) in [4.78, 5) is 14.0. The molecule has 150 valence electrons. The second-order valence-corrected chi connectivity index (χ2v) is 7.96. The molecule has 1 aliphatic heterocycles. The fourth-order valence-corrected chi connectivity index (χ4v) is 4.22. The van der Waals surface area contributed by atoms with Gasteiger partial charge in [-0.2, -0.15) is 0 Å². The lowest BCUT2D eigenvalue weighted by molar-refractivity contribution is 0.249. The van der Waals surface area contributed by atoms with E-state index in [1.54, 1.807) is 0 Å². The Labute approximate surface area is 164 Å². The van der Waals surface area contributed by atoms with E-state index in [-0.39, 0.29) is 0 Å². The number of anilines is 1. The molecular formula is C21H36N6. The van der Waals surface area contributed by atoms with Crippen molar-refractivity contribution in [2.75, 3.05) is 45.2 Å². The van der Waals surface area contributed by atoms with Crippen LogP contribution in [0.2, 0.25) is 0 Å². The Kier molecular flexibility index (Phi) is 7.33. The molecule has 2 heterocycles. The second kappa shape index (κ2) is 9.93. The highest BCUT2D eigenvalue weighted by Crippen LogP contribution is 2.22. The summed E-state index contributed by atoms with van der Waals surface area (Å²) < 4.78 is 0. The van der Waals surface area contributed by atoms with E-state index < -0.39 is 0 Å². The number of nitrogens with zero attached hydrogens (tertiary/aromatic N) is 4. The van der Waals surface area contributed by atoms with Crippen LogP contribution in [0, 0.1) is 6.92 Å². The first-order chi connectivity index (χ1) is 13.2. The highest BCUT2D eigenvalue weighted by Gasteiger charge is 2.21. The van der Waals surface area contributed by atoms with Crippen molar-refractivity contribution in [2.45, 2.75) is 57.5 Å². The predicted octanol–water partition coefficient (Wildman–Crippen LogP) is 2.40. The van der Waals surface area contributed by atoms with Gasteiger partial charge in [0.2, 0.25) is 0 Å². The van der Waals surface area contributed by atoms with Gasteiger partial charge < -0.3 is 20.4 Å². The Hall–Kier alpha value is -1.82. The summed E-state index contributed by atoms with van der Waals surface area (Å²) in [5.74, 6) is 2.04. The van der Waals surface area contributed by atoms with Crippen LogP contribution in [0.15, 0.2) is 23.2 Å². The Morgan fingerprint density at radius 2 is 1.96 bits per heavy atom. The third-order valence-corrected chi connectivity index (χ3v) is 5.96. The van der Waals surface area contributed by atoms with E-state index in [0.29, 0.717) is 6.04 Å². The molecule has 0 radical (unpaired) electrons. The number of piperidine rings is 1. The van der Waals surface area contributed by atoms with Gasteiger partial charge in [0, 0.05) is 51.0 Å². The zero-order valence-electron chi connectivity index (χ0n) is 17.2. The lowest BCUT2D eigenvalue weighted by Gasteiger charge is -2.34. The maximum atomic E-state index is 4.65. The zero-order chi connectivity index (χ0) is 19.1. The van der Waals surface area contributed by atoms with Crippen molar-refractivity contribution >= 4 is 11.8 Å². The molecule has 6 heteroatoms. The van der Waals surface area contributed by atoms with E-state index in [9.17, 15) is 0 Å². The largest absolute Gasteiger partial charge is 0.356 e. The molecule has 1 aliphatic carbocycles. The first-order valence-electron chi connectivity index (χ1n) is 10.5. The van der Waals surface area contributed by atoms with Gasteiger partial charge in [0.25, 0.3) is 0 Å². The Balaban J connectivity index is 1.38. The molecule has 0 bridgehead atoms. The molecule has 2 aliphatic rings. The van der Waals surface area contributed by atoms with E-state index in [4.69, 9.17) is 0 Å². The maximum absolute atomic E-state index is 4.65. The Morgan fingerprint density at radius 3 is 2.63 bits per heavy atom. The number of hydrogen-bond acceptors (Lipinski definition) is 4. The number of likely N-dealkylation sites (N-methyl/N-ethyl adjacent to an activating group) is 1. The molecule has 0 aromatic carbocycles. The summed E-state index contributed by atoms with van der Waals surface area (Å²) in [5.41, 5.74) is 1.08. The molecule has 2 N–H and O–H groups in total. The van der Waals surface area contributed by atoms with Gasteiger partial charge in [0.1, 0.15) is 5.82 Å². The van der Waals surface area contributed by atoms with Crippen LogP contribution in [0.25, 0.3) is 0 Å². The first kappa shape index (κ1) is 19.9. The number of nitrogens with one attached hydrogen (secondary N) is 2. The second-order valence-electron chi connectivity index (χ2n) is 7.96. The average Bonchev–Trinajstić information content (AvgIpc) is 3.22. The molecule has 1 aromatic heterocycles. The zero-order valence-corrected chi connectivity index (χ0v) is 17.2. The summed E-state index contributed by atoms with van der Waals surface area (Å²) in [6, 6.07) is 7.52. The molecule has 0 unspecified atom stereocenters. The number of hydrogen-bond donors (Lipinski definition) is 2. The van der Waals surface area contributed by atoms with Gasteiger partial charge in [-0.25, -0.2) is 4.98 Å². The number of aromatic nitrogens is 1. The van der Waals surface area contributed by atoms with Gasteiger partial charge in [-0.15, -0.1) is 0 Å². The van der Waals surface area contributed by atoms with Crippen molar-refractivity contribution in [2.24, 2.45) is 4.99 Å². The van der Waals surface area contributed by atoms with E-state index >= 15 is 0 Å². The molecule has 1 saturated heterocycles. The van der Waals surface area contributed by atoms with Gasteiger partial charge in [0.15, 0.2) is 5.96 Å². The lowest BCUT2D eigenvalue weighted by atomic mass is 10.1. The SMILES string of the molecule is CN=C(NCCN(C)C1CCCC1)NC1CCN(c2cccc(C)n2)CC1. The minimum absolute atomic E-state index is 0.477. The highest BCUT2D eigenvalue weighted by atomic mass is 15.2. The van der Waals surface area contributed by atoms with E-state index in [1.807, 2.05) is 7.05 Å². The van der Waals surface area contributed by atoms with Crippen LogP contribution in [0.5, 0.6) is 0 Å². The standard InChI is InChI=1S/C21H36N6/c1-17-7-6-10-20(24-17)27-14-11-18(12-15-27)25-21(22-2)23-13-16-26(3)19-8-4-5-9-19/h6-7,10,18-19H,4-5,8-9,11-16H2,1-3H3,(H2,22,23,25). The van der Waals surface area contributed by atoms with Crippen LogP contribution in [-0.2, 0) is 0 Å². The number of rotatable bonds is 6. The van der Waals surface area contributed by atoms with Crippen molar-refractivity contribution in [1.29, 1.82) is 0 Å². The molecule has 0 amide bonds. The summed E-state index contributed by atoms with van der Waals surface area (Å²) in [7, 11) is 4.12. The molecule has 6 nitrogen and oxygen atoms in total. The van der Waals surface area contributed by atoms with Crippen LogP contribution in [0.4, 0.5) is 5.82 Å². The summed E-state index contributed by atoms with van der Waals surface area (Å²) in [5, 5.41) is 7.10. The number of aryl methyl sites for hydroxylation is 1. The molecule has 0 atom stereocenters. The fraction of sp³-hybridized carbons (Fsp3) is 0.714. The first-order valence-corrected chi connectivity index (χ1v) is 10.5. The highest BCUT2D eigenvalue weighted by molar-refractivity contribution is 5.80. The van der Waals surface area contributed by atoms with Crippen LogP contribution < -0.4 is 15.5 Å². The molecule has 1 aromatic rings. The Morgan fingerprint density at radius 1 is 1.22 bits per heavy atom. The van der Waals surface area contributed by atoms with Gasteiger partial charge in [-0.05, 0) is 51.8 Å². The topological polar surface area (TPSA) is 55.8 Å². The molecule has 27 heavy (non-hydrogen) atoms. The van der Waals surface area contributed by atoms with E-state index in [0.717, 1.165) is 62.5 Å². The third-order valence-electron chi connectivity index (χ3n) is 5.96. The van der Waals surface area contributed by atoms with Gasteiger partial charge in [-0.1, -0.05) is 18.9 Å². The van der Waals surface area contributed by atoms with Crippen LogP contribution in [-0.4, -0.2) is 68.2 Å². The molecule has 0 spiro atoms.